The first kappa shape index (κ1) is 21.6. The highest BCUT2D eigenvalue weighted by atomic mass is 16.6. The predicted octanol–water partition coefficient (Wildman–Crippen LogP) is 3.02. The van der Waals surface area contributed by atoms with Crippen LogP contribution in [-0.4, -0.2) is 58.2 Å². The van der Waals surface area contributed by atoms with E-state index in [9.17, 15) is 9.59 Å². The summed E-state index contributed by atoms with van der Waals surface area (Å²) in [6, 6.07) is 4.06. The molecule has 1 saturated carbocycles. The van der Waals surface area contributed by atoms with E-state index < -0.39 is 23.2 Å². The second-order valence-corrected chi connectivity index (χ2v) is 9.65. The van der Waals surface area contributed by atoms with Crippen LogP contribution >= 0.6 is 0 Å². The fraction of sp³-hybridized carbons (Fsp3) is 0.609. The number of nitrogens with zero attached hydrogens (tertiary/aromatic N) is 3. The topological polar surface area (TPSA) is 85.2 Å². The number of aromatic nitrogens is 2. The summed E-state index contributed by atoms with van der Waals surface area (Å²) >= 11 is 0. The molecule has 1 atom stereocenters. The third kappa shape index (κ3) is 4.39. The molecule has 2 aromatic rings. The number of hydrogen-bond donors (Lipinski definition) is 1. The van der Waals surface area contributed by atoms with Gasteiger partial charge in [-0.1, -0.05) is 6.07 Å². The van der Waals surface area contributed by atoms with Gasteiger partial charge in [0.25, 0.3) is 0 Å². The fourth-order valence-electron chi connectivity index (χ4n) is 4.25. The molecule has 1 saturated heterocycles. The van der Waals surface area contributed by atoms with Gasteiger partial charge >= 0.3 is 6.09 Å². The van der Waals surface area contributed by atoms with Crippen LogP contribution in [0.15, 0.2) is 24.5 Å². The molecule has 0 spiro atoms. The van der Waals surface area contributed by atoms with Gasteiger partial charge in [0.05, 0.1) is 36.4 Å². The molecule has 168 valence electrons. The minimum atomic E-state index is -0.585. The van der Waals surface area contributed by atoms with Crippen LogP contribution < -0.4 is 5.32 Å². The summed E-state index contributed by atoms with van der Waals surface area (Å²) in [6.45, 7) is 8.91. The average Bonchev–Trinajstić information content (AvgIpc) is 2.93. The van der Waals surface area contributed by atoms with Crippen LogP contribution in [0.25, 0.3) is 5.52 Å². The van der Waals surface area contributed by atoms with Crippen LogP contribution in [0.1, 0.15) is 51.4 Å². The number of amides is 2. The molecule has 8 heteroatoms. The van der Waals surface area contributed by atoms with Gasteiger partial charge < -0.3 is 24.1 Å². The Balaban J connectivity index is 1.51. The standard InChI is InChI=1S/C23H32N4O4/c1-16-7-5-10-27-18(16)13-24-20(27)23(8-6-9-23)25-19(28)17-14-26(11-12-30-15-17)21(29)31-22(2,3)4/h5,7,10,13,17H,6,8-9,11-12,14-15H2,1-4H3,(H,25,28). The number of nitrogens with one attached hydrogen (secondary N) is 1. The first-order valence-corrected chi connectivity index (χ1v) is 11.0. The van der Waals surface area contributed by atoms with Crippen LogP contribution in [0.3, 0.4) is 0 Å². The SMILES string of the molecule is Cc1cccn2c(C3(NC(=O)C4COCCN(C(=O)OC(C)(C)C)C4)CCC3)ncc12. The summed E-state index contributed by atoms with van der Waals surface area (Å²) in [5.41, 5.74) is 1.12. The zero-order chi connectivity index (χ0) is 22.2. The second kappa shape index (κ2) is 8.15. The van der Waals surface area contributed by atoms with Crippen molar-refractivity contribution in [2.75, 3.05) is 26.3 Å². The van der Waals surface area contributed by atoms with E-state index in [1.165, 1.54) is 0 Å². The predicted molar refractivity (Wildman–Crippen MR) is 116 cm³/mol. The van der Waals surface area contributed by atoms with Crippen LogP contribution in [0, 0.1) is 12.8 Å². The Hall–Kier alpha value is -2.61. The largest absolute Gasteiger partial charge is 0.444 e. The Kier molecular flexibility index (Phi) is 5.68. The van der Waals surface area contributed by atoms with Gasteiger partial charge in [0.15, 0.2) is 0 Å². The van der Waals surface area contributed by atoms with Gasteiger partial charge in [0.1, 0.15) is 11.4 Å². The number of carbonyl (C=O) groups is 2. The molecule has 2 aliphatic rings. The van der Waals surface area contributed by atoms with Crippen molar-refractivity contribution in [1.82, 2.24) is 19.6 Å². The Morgan fingerprint density at radius 1 is 1.32 bits per heavy atom. The molecule has 4 rings (SSSR count). The third-order valence-corrected chi connectivity index (χ3v) is 6.07. The van der Waals surface area contributed by atoms with Crippen molar-refractivity contribution in [2.24, 2.45) is 5.92 Å². The lowest BCUT2D eigenvalue weighted by Crippen LogP contribution is -2.55. The zero-order valence-electron chi connectivity index (χ0n) is 18.8. The number of ether oxygens (including phenoxy) is 2. The first-order valence-electron chi connectivity index (χ1n) is 11.0. The van der Waals surface area contributed by atoms with Gasteiger partial charge in [-0.05, 0) is 58.6 Å². The minimum absolute atomic E-state index is 0.112. The van der Waals surface area contributed by atoms with Crippen molar-refractivity contribution in [3.8, 4) is 0 Å². The minimum Gasteiger partial charge on any atom is -0.444 e. The number of hydrogen-bond acceptors (Lipinski definition) is 5. The molecular formula is C23H32N4O4. The number of imidazole rings is 1. The Bertz CT molecular complexity index is 974. The normalized spacial score (nSPS) is 21.3. The highest BCUT2D eigenvalue weighted by Crippen LogP contribution is 2.41. The van der Waals surface area contributed by atoms with E-state index in [4.69, 9.17) is 9.47 Å². The second-order valence-electron chi connectivity index (χ2n) is 9.65. The molecule has 3 heterocycles. The Morgan fingerprint density at radius 3 is 2.77 bits per heavy atom. The van der Waals surface area contributed by atoms with Crippen molar-refractivity contribution >= 4 is 17.5 Å². The molecule has 0 aromatic carbocycles. The van der Waals surface area contributed by atoms with E-state index in [0.29, 0.717) is 13.2 Å². The van der Waals surface area contributed by atoms with Crippen LogP contribution in [0.4, 0.5) is 4.79 Å². The maximum Gasteiger partial charge on any atom is 0.410 e. The Labute approximate surface area is 182 Å². The van der Waals surface area contributed by atoms with Crippen molar-refractivity contribution in [2.45, 2.75) is 58.1 Å². The molecule has 0 bridgehead atoms. The summed E-state index contributed by atoms with van der Waals surface area (Å²) in [6.07, 6.45) is 6.17. The zero-order valence-corrected chi connectivity index (χ0v) is 18.8. The van der Waals surface area contributed by atoms with E-state index in [-0.39, 0.29) is 19.1 Å². The lowest BCUT2D eigenvalue weighted by Gasteiger charge is -2.42. The molecule has 31 heavy (non-hydrogen) atoms. The van der Waals surface area contributed by atoms with E-state index in [2.05, 4.69) is 27.7 Å². The van der Waals surface area contributed by atoms with Gasteiger partial charge in [-0.15, -0.1) is 0 Å². The van der Waals surface area contributed by atoms with Crippen molar-refractivity contribution < 1.29 is 19.1 Å². The van der Waals surface area contributed by atoms with E-state index in [1.807, 2.05) is 39.2 Å². The number of pyridine rings is 1. The molecule has 1 N–H and O–H groups in total. The molecule has 1 unspecified atom stereocenters. The lowest BCUT2D eigenvalue weighted by molar-refractivity contribution is -0.130. The molecule has 1 aliphatic heterocycles. The first-order chi connectivity index (χ1) is 14.7. The monoisotopic (exact) mass is 428 g/mol. The van der Waals surface area contributed by atoms with Crippen molar-refractivity contribution in [1.29, 1.82) is 0 Å². The smallest absolute Gasteiger partial charge is 0.410 e. The number of fused-ring (bicyclic) bond motifs is 1. The average molecular weight is 429 g/mol. The van der Waals surface area contributed by atoms with Gasteiger partial charge in [0.2, 0.25) is 5.91 Å². The maximum atomic E-state index is 13.3. The maximum absolute atomic E-state index is 13.3. The number of rotatable bonds is 3. The Morgan fingerprint density at radius 2 is 2.10 bits per heavy atom. The summed E-state index contributed by atoms with van der Waals surface area (Å²) in [5, 5.41) is 3.27. The van der Waals surface area contributed by atoms with Gasteiger partial charge in [-0.3, -0.25) is 4.79 Å². The van der Waals surface area contributed by atoms with Crippen LogP contribution in [-0.2, 0) is 19.8 Å². The lowest BCUT2D eigenvalue weighted by atomic mass is 9.75. The number of carbonyl (C=O) groups excluding carboxylic acids is 2. The van der Waals surface area contributed by atoms with Crippen molar-refractivity contribution in [3.63, 3.8) is 0 Å². The third-order valence-electron chi connectivity index (χ3n) is 6.07. The van der Waals surface area contributed by atoms with Gasteiger partial charge in [0, 0.05) is 19.3 Å². The molecule has 2 amide bonds. The highest BCUT2D eigenvalue weighted by molar-refractivity contribution is 5.81. The molecule has 2 aromatic heterocycles. The summed E-state index contributed by atoms with van der Waals surface area (Å²) in [7, 11) is 0. The summed E-state index contributed by atoms with van der Waals surface area (Å²) in [4.78, 5) is 32.1. The van der Waals surface area contributed by atoms with E-state index in [0.717, 1.165) is 36.2 Å². The van der Waals surface area contributed by atoms with Gasteiger partial charge in [-0.2, -0.15) is 0 Å². The van der Waals surface area contributed by atoms with Crippen molar-refractivity contribution in [3.05, 3.63) is 35.9 Å². The number of aryl methyl sites for hydroxylation is 1. The fourth-order valence-corrected chi connectivity index (χ4v) is 4.25. The molecular weight excluding hydrogens is 396 g/mol. The molecule has 2 fully saturated rings. The van der Waals surface area contributed by atoms with Gasteiger partial charge in [-0.25, -0.2) is 9.78 Å². The summed E-state index contributed by atoms with van der Waals surface area (Å²) < 4.78 is 13.2. The molecule has 1 aliphatic carbocycles. The van der Waals surface area contributed by atoms with Crippen LogP contribution in [0.5, 0.6) is 0 Å². The quantitative estimate of drug-likeness (QED) is 0.812. The molecule has 0 radical (unpaired) electrons. The van der Waals surface area contributed by atoms with E-state index >= 15 is 0 Å². The highest BCUT2D eigenvalue weighted by Gasteiger charge is 2.45. The van der Waals surface area contributed by atoms with Crippen LogP contribution in [0.2, 0.25) is 0 Å². The molecule has 8 nitrogen and oxygen atoms in total. The summed E-state index contributed by atoms with van der Waals surface area (Å²) in [5.74, 6) is 0.296. The van der Waals surface area contributed by atoms with E-state index in [1.54, 1.807) is 4.90 Å².